The van der Waals surface area contributed by atoms with Crippen molar-refractivity contribution in [2.75, 3.05) is 23.7 Å². The lowest BCUT2D eigenvalue weighted by Crippen LogP contribution is -2.29. The van der Waals surface area contributed by atoms with Crippen LogP contribution in [-0.2, 0) is 13.1 Å². The summed E-state index contributed by atoms with van der Waals surface area (Å²) in [5, 5.41) is 10.0. The van der Waals surface area contributed by atoms with Crippen molar-refractivity contribution in [3.63, 3.8) is 0 Å². The van der Waals surface area contributed by atoms with Crippen LogP contribution in [0.5, 0.6) is 0 Å². The first-order chi connectivity index (χ1) is 25.4. The second-order valence-electron chi connectivity index (χ2n) is 15.6. The van der Waals surface area contributed by atoms with Crippen molar-refractivity contribution >= 4 is 23.2 Å². The number of pyridine rings is 2. The highest BCUT2D eigenvalue weighted by atomic mass is 16.2. The molecule has 0 atom stereocenters. The molecule has 4 aromatic rings. The summed E-state index contributed by atoms with van der Waals surface area (Å²) in [5.74, 6) is 0.669. The number of nitrogens with zero attached hydrogens (tertiary/aromatic N) is 3. The van der Waals surface area contributed by atoms with Crippen LogP contribution in [0.15, 0.2) is 60.9 Å². The van der Waals surface area contributed by atoms with Crippen LogP contribution >= 0.6 is 0 Å². The molecule has 4 fully saturated rings. The van der Waals surface area contributed by atoms with Gasteiger partial charge in [-0.3, -0.25) is 24.5 Å². The third-order valence-electron chi connectivity index (χ3n) is 11.8. The lowest BCUT2D eigenvalue weighted by atomic mass is 9.94. The number of hydrogen-bond donors (Lipinski definition) is 3. The second-order valence-corrected chi connectivity index (χ2v) is 15.6. The molecule has 0 radical (unpaired) electrons. The summed E-state index contributed by atoms with van der Waals surface area (Å²) in [6.45, 7) is 8.08. The van der Waals surface area contributed by atoms with Crippen molar-refractivity contribution in [3.05, 3.63) is 106 Å². The Morgan fingerprint density at radius 2 is 1.19 bits per heavy atom. The normalized spacial score (nSPS) is 18.0. The van der Waals surface area contributed by atoms with Crippen LogP contribution in [0.3, 0.4) is 0 Å². The molecule has 8 heteroatoms. The molecule has 8 nitrogen and oxygen atoms in total. The van der Waals surface area contributed by atoms with Crippen LogP contribution in [0.4, 0.5) is 11.4 Å². The Morgan fingerprint density at radius 1 is 0.673 bits per heavy atom. The van der Waals surface area contributed by atoms with Crippen molar-refractivity contribution in [2.45, 2.75) is 115 Å². The molecule has 270 valence electrons. The zero-order valence-electron chi connectivity index (χ0n) is 30.8. The van der Waals surface area contributed by atoms with Gasteiger partial charge in [-0.25, -0.2) is 0 Å². The Labute approximate surface area is 308 Å². The van der Waals surface area contributed by atoms with E-state index in [9.17, 15) is 9.59 Å². The van der Waals surface area contributed by atoms with Gasteiger partial charge in [0, 0.05) is 42.9 Å². The van der Waals surface area contributed by atoms with Crippen molar-refractivity contribution in [1.29, 1.82) is 0 Å². The molecular formula is C44H52N6O2. The average molecular weight is 697 g/mol. The summed E-state index contributed by atoms with van der Waals surface area (Å²) in [6.07, 6.45) is 17.5. The fourth-order valence-corrected chi connectivity index (χ4v) is 8.32. The molecule has 3 heterocycles. The second kappa shape index (κ2) is 15.3. The van der Waals surface area contributed by atoms with E-state index in [1.165, 1.54) is 92.9 Å². The van der Waals surface area contributed by atoms with E-state index in [1.54, 1.807) is 0 Å². The molecule has 3 saturated carbocycles. The van der Waals surface area contributed by atoms with Crippen LogP contribution in [0.2, 0.25) is 0 Å². The lowest BCUT2D eigenvalue weighted by molar-refractivity contribution is 0.101. The van der Waals surface area contributed by atoms with Crippen LogP contribution in [0.1, 0.15) is 137 Å². The smallest absolute Gasteiger partial charge is 0.274 e. The highest BCUT2D eigenvalue weighted by Gasteiger charge is 2.30. The van der Waals surface area contributed by atoms with Gasteiger partial charge >= 0.3 is 0 Å². The number of rotatable bonds is 12. The maximum Gasteiger partial charge on any atom is 0.274 e. The van der Waals surface area contributed by atoms with Gasteiger partial charge in [0.25, 0.3) is 11.8 Å². The fraction of sp³-hybridized carbons (Fsp3) is 0.455. The number of carbonyl (C=O) groups is 2. The Kier molecular flexibility index (Phi) is 10.2. The molecule has 0 unspecified atom stereocenters. The van der Waals surface area contributed by atoms with Crippen molar-refractivity contribution < 1.29 is 9.59 Å². The zero-order chi connectivity index (χ0) is 35.6. The van der Waals surface area contributed by atoms with Crippen LogP contribution in [0.25, 0.3) is 11.1 Å². The van der Waals surface area contributed by atoms with E-state index < -0.39 is 0 Å². The Hall–Kier alpha value is -4.40. The van der Waals surface area contributed by atoms with Gasteiger partial charge in [-0.2, -0.15) is 0 Å². The van der Waals surface area contributed by atoms with Gasteiger partial charge in [0.05, 0.1) is 0 Å². The zero-order valence-corrected chi connectivity index (χ0v) is 30.8. The molecule has 2 aromatic carbocycles. The maximum atomic E-state index is 13.6. The summed E-state index contributed by atoms with van der Waals surface area (Å²) in [7, 11) is 0. The van der Waals surface area contributed by atoms with Crippen LogP contribution in [0, 0.1) is 13.8 Å². The molecule has 3 aliphatic carbocycles. The minimum absolute atomic E-state index is 0.192. The van der Waals surface area contributed by atoms with Crippen LogP contribution < -0.4 is 16.0 Å². The molecule has 52 heavy (non-hydrogen) atoms. The van der Waals surface area contributed by atoms with Crippen LogP contribution in [-0.4, -0.2) is 45.8 Å². The average Bonchev–Trinajstić information content (AvgIpc) is 4.12. The van der Waals surface area contributed by atoms with E-state index in [1.807, 2.05) is 62.6 Å². The lowest BCUT2D eigenvalue weighted by Gasteiger charge is -2.27. The number of anilines is 2. The summed E-state index contributed by atoms with van der Waals surface area (Å²) in [5.41, 5.74) is 11.4. The van der Waals surface area contributed by atoms with Gasteiger partial charge in [-0.15, -0.1) is 0 Å². The number of aromatic nitrogens is 2. The number of piperidine rings is 1. The van der Waals surface area contributed by atoms with E-state index in [4.69, 9.17) is 0 Å². The van der Waals surface area contributed by atoms with E-state index in [0.29, 0.717) is 29.3 Å². The standard InChI is InChI=1S/C44H52N6O2/c1-28-35(12-8-14-39(28)48-43(51)41-22-37(30-16-17-30)32(25-46-41)24-45-34-10-4-5-11-34)36-13-9-15-40(29(36)2)49-44(52)42-23-38(31-18-19-31)33(26-47-42)27-50-20-6-3-7-21-50/h8-9,12-15,22-23,25-26,30-31,34,45H,3-7,10-11,16-21,24,27H2,1-2H3,(H,48,51)(H,49,52). The predicted octanol–water partition coefficient (Wildman–Crippen LogP) is 9.04. The third-order valence-corrected chi connectivity index (χ3v) is 11.8. The first kappa shape index (κ1) is 34.7. The number of nitrogens with one attached hydrogen (secondary N) is 3. The molecule has 0 spiro atoms. The highest BCUT2D eigenvalue weighted by molar-refractivity contribution is 6.05. The molecule has 2 aromatic heterocycles. The molecule has 2 amide bonds. The summed E-state index contributed by atoms with van der Waals surface area (Å²) in [6, 6.07) is 16.6. The number of amides is 2. The van der Waals surface area contributed by atoms with Gasteiger partial charge < -0.3 is 16.0 Å². The monoisotopic (exact) mass is 696 g/mol. The molecule has 4 aliphatic rings. The maximum absolute atomic E-state index is 13.6. The van der Waals surface area contributed by atoms with Crippen molar-refractivity contribution in [3.8, 4) is 11.1 Å². The van der Waals surface area contributed by atoms with Gasteiger partial charge in [-0.1, -0.05) is 43.5 Å². The molecule has 1 aliphatic heterocycles. The number of carbonyl (C=O) groups excluding carboxylic acids is 2. The van der Waals surface area contributed by atoms with E-state index in [2.05, 4.69) is 43.0 Å². The Balaban J connectivity index is 0.971. The summed E-state index contributed by atoms with van der Waals surface area (Å²) < 4.78 is 0. The van der Waals surface area contributed by atoms with Gasteiger partial charge in [0.2, 0.25) is 0 Å². The Bertz CT molecular complexity index is 1950. The van der Waals surface area contributed by atoms with Gasteiger partial charge in [0.1, 0.15) is 11.4 Å². The Morgan fingerprint density at radius 3 is 1.73 bits per heavy atom. The SMILES string of the molecule is Cc1c(NC(=O)c2cc(C3CC3)c(CNC3CCCC3)cn2)cccc1-c1cccc(NC(=O)c2cc(C3CC3)c(CN3CCCCC3)cn2)c1C. The summed E-state index contributed by atoms with van der Waals surface area (Å²) in [4.78, 5) is 39.1. The number of likely N-dealkylation sites (tertiary alicyclic amines) is 1. The van der Waals surface area contributed by atoms with Gasteiger partial charge in [0.15, 0.2) is 0 Å². The summed E-state index contributed by atoms with van der Waals surface area (Å²) >= 11 is 0. The van der Waals surface area contributed by atoms with Crippen molar-refractivity contribution in [1.82, 2.24) is 20.2 Å². The molecule has 8 rings (SSSR count). The minimum atomic E-state index is -0.199. The van der Waals surface area contributed by atoms with E-state index in [-0.39, 0.29) is 11.8 Å². The quantitative estimate of drug-likeness (QED) is 0.137. The van der Waals surface area contributed by atoms with E-state index in [0.717, 1.165) is 59.8 Å². The third kappa shape index (κ3) is 7.83. The highest BCUT2D eigenvalue weighted by Crippen LogP contribution is 2.43. The van der Waals surface area contributed by atoms with E-state index >= 15 is 0 Å². The first-order valence-corrected chi connectivity index (χ1v) is 19.7. The van der Waals surface area contributed by atoms with Gasteiger partial charge in [-0.05, 0) is 159 Å². The van der Waals surface area contributed by atoms with Crippen molar-refractivity contribution in [2.24, 2.45) is 0 Å². The largest absolute Gasteiger partial charge is 0.320 e. The molecule has 0 bridgehead atoms. The molecule has 3 N–H and O–H groups in total. The fourth-order valence-electron chi connectivity index (χ4n) is 8.32. The molecule has 1 saturated heterocycles. The number of benzene rings is 2. The minimum Gasteiger partial charge on any atom is -0.320 e. The predicted molar refractivity (Wildman–Crippen MR) is 208 cm³/mol. The first-order valence-electron chi connectivity index (χ1n) is 19.7. The molecular weight excluding hydrogens is 645 g/mol. The topological polar surface area (TPSA) is 99.2 Å². The number of hydrogen-bond acceptors (Lipinski definition) is 6.